The van der Waals surface area contributed by atoms with Crippen molar-refractivity contribution in [3.63, 3.8) is 0 Å². The number of aromatic nitrogens is 1. The van der Waals surface area contributed by atoms with Crippen molar-refractivity contribution in [3.05, 3.63) is 24.5 Å². The van der Waals surface area contributed by atoms with Gasteiger partial charge >= 0.3 is 0 Å². The van der Waals surface area contributed by atoms with Crippen LogP contribution in [0.1, 0.15) is 46.0 Å². The Morgan fingerprint density at radius 3 is 2.68 bits per heavy atom. The Labute approximate surface area is 149 Å². The Hall–Kier alpha value is -1.82. The van der Waals surface area contributed by atoms with Gasteiger partial charge in [-0.2, -0.15) is 0 Å². The van der Waals surface area contributed by atoms with Crippen LogP contribution in [0.5, 0.6) is 0 Å². The van der Waals surface area contributed by atoms with E-state index in [1.165, 1.54) is 0 Å². The van der Waals surface area contributed by atoms with Gasteiger partial charge < -0.3 is 19.5 Å². The molecule has 138 valence electrons. The molecule has 0 unspecified atom stereocenters. The quantitative estimate of drug-likeness (QED) is 0.885. The molecule has 6 nitrogen and oxygen atoms in total. The van der Waals surface area contributed by atoms with E-state index in [4.69, 9.17) is 4.74 Å². The van der Waals surface area contributed by atoms with E-state index in [1.54, 1.807) is 7.05 Å². The third-order valence-electron chi connectivity index (χ3n) is 5.52. The highest BCUT2D eigenvalue weighted by atomic mass is 16.5. The Balaban J connectivity index is 1.76. The van der Waals surface area contributed by atoms with Crippen molar-refractivity contribution in [1.82, 2.24) is 14.8 Å². The number of carbonyl (C=O) groups is 2. The van der Waals surface area contributed by atoms with E-state index in [1.807, 2.05) is 34.0 Å². The maximum Gasteiger partial charge on any atom is 0.224 e. The van der Waals surface area contributed by atoms with Crippen LogP contribution < -0.4 is 5.32 Å². The summed E-state index contributed by atoms with van der Waals surface area (Å²) < 4.78 is 8.26. The topological polar surface area (TPSA) is 63.6 Å². The number of aryl methyl sites for hydroxylation is 1. The van der Waals surface area contributed by atoms with Gasteiger partial charge in [0.1, 0.15) is 0 Å². The van der Waals surface area contributed by atoms with Gasteiger partial charge in [-0.15, -0.1) is 0 Å². The van der Waals surface area contributed by atoms with Crippen LogP contribution in [0.2, 0.25) is 0 Å². The van der Waals surface area contributed by atoms with Crippen molar-refractivity contribution in [1.29, 1.82) is 0 Å². The average molecular weight is 347 g/mol. The Morgan fingerprint density at radius 1 is 1.28 bits per heavy atom. The lowest BCUT2D eigenvalue weighted by Gasteiger charge is -2.39. The van der Waals surface area contributed by atoms with Crippen molar-refractivity contribution in [3.8, 4) is 0 Å². The third kappa shape index (κ3) is 3.59. The minimum Gasteiger partial charge on any atom is -0.369 e. The van der Waals surface area contributed by atoms with E-state index in [0.717, 1.165) is 25.8 Å². The second kappa shape index (κ2) is 6.83. The molecule has 1 aromatic rings. The van der Waals surface area contributed by atoms with Gasteiger partial charge in [-0.25, -0.2) is 0 Å². The summed E-state index contributed by atoms with van der Waals surface area (Å²) in [6.45, 7) is 5.55. The molecule has 1 spiro atoms. The van der Waals surface area contributed by atoms with E-state index in [9.17, 15) is 9.59 Å². The number of carbonyl (C=O) groups excluding carboxylic acids is 2. The molecule has 25 heavy (non-hydrogen) atoms. The first-order valence-electron chi connectivity index (χ1n) is 9.16. The van der Waals surface area contributed by atoms with Gasteiger partial charge in [0.25, 0.3) is 0 Å². The molecule has 0 aromatic carbocycles. The molecule has 2 aliphatic heterocycles. The number of hydrogen-bond acceptors (Lipinski definition) is 3. The van der Waals surface area contributed by atoms with E-state index in [0.29, 0.717) is 19.4 Å². The molecule has 0 saturated carbocycles. The van der Waals surface area contributed by atoms with Gasteiger partial charge in [-0.1, -0.05) is 0 Å². The fourth-order valence-corrected chi connectivity index (χ4v) is 4.56. The summed E-state index contributed by atoms with van der Waals surface area (Å²) >= 11 is 0. The smallest absolute Gasteiger partial charge is 0.224 e. The summed E-state index contributed by atoms with van der Waals surface area (Å²) in [5, 5.41) is 2.69. The molecule has 1 N–H and O–H groups in total. The molecule has 6 heteroatoms. The molecule has 3 heterocycles. The minimum absolute atomic E-state index is 0.0336. The first kappa shape index (κ1) is 18.0. The van der Waals surface area contributed by atoms with Crippen LogP contribution in [-0.2, 0) is 20.9 Å². The van der Waals surface area contributed by atoms with E-state index < -0.39 is 0 Å². The van der Waals surface area contributed by atoms with Crippen molar-refractivity contribution in [2.24, 2.45) is 0 Å². The summed E-state index contributed by atoms with van der Waals surface area (Å²) in [4.78, 5) is 27.0. The standard InChI is InChI=1S/C19H29N3O3/c1-18(2)14-19(15(25-18)13-16(23)20-3)8-6-11-22(19)17(24)7-12-21-9-4-5-10-21/h4-5,9-10,15H,6-8,11-14H2,1-3H3,(H,20,23)/t15-,19+/m0/s1. The van der Waals surface area contributed by atoms with Gasteiger partial charge in [0, 0.05) is 45.4 Å². The van der Waals surface area contributed by atoms with Crippen LogP contribution in [0.3, 0.4) is 0 Å². The second-order valence-corrected chi connectivity index (χ2v) is 7.84. The predicted molar refractivity (Wildman–Crippen MR) is 95.0 cm³/mol. The summed E-state index contributed by atoms with van der Waals surface area (Å²) in [6.07, 6.45) is 7.17. The van der Waals surface area contributed by atoms with Gasteiger partial charge in [0.15, 0.2) is 0 Å². The van der Waals surface area contributed by atoms with Crippen LogP contribution in [-0.4, -0.2) is 52.1 Å². The number of hydrogen-bond donors (Lipinski definition) is 1. The van der Waals surface area contributed by atoms with Gasteiger partial charge in [0.05, 0.1) is 23.7 Å². The van der Waals surface area contributed by atoms with E-state index in [2.05, 4.69) is 19.2 Å². The van der Waals surface area contributed by atoms with Gasteiger partial charge in [-0.05, 0) is 38.8 Å². The van der Waals surface area contributed by atoms with Crippen molar-refractivity contribution < 1.29 is 14.3 Å². The number of nitrogens with zero attached hydrogens (tertiary/aromatic N) is 2. The van der Waals surface area contributed by atoms with Crippen molar-refractivity contribution in [2.45, 2.75) is 69.7 Å². The normalized spacial score (nSPS) is 27.8. The molecule has 3 rings (SSSR count). The molecular formula is C19H29N3O3. The highest BCUT2D eigenvalue weighted by Gasteiger charge is 2.58. The summed E-state index contributed by atoms with van der Waals surface area (Å²) in [5.41, 5.74) is -0.661. The molecule has 0 bridgehead atoms. The molecule has 1 aromatic heterocycles. The lowest BCUT2D eigenvalue weighted by molar-refractivity contribution is -0.140. The number of rotatable bonds is 5. The first-order valence-corrected chi connectivity index (χ1v) is 9.16. The monoisotopic (exact) mass is 347 g/mol. The maximum atomic E-state index is 13.0. The Bertz CT molecular complexity index is 626. The highest BCUT2D eigenvalue weighted by Crippen LogP contribution is 2.49. The van der Waals surface area contributed by atoms with Gasteiger partial charge in [-0.3, -0.25) is 9.59 Å². The zero-order chi connectivity index (χ0) is 18.1. The summed E-state index contributed by atoms with van der Waals surface area (Å²) in [5.74, 6) is 0.128. The van der Waals surface area contributed by atoms with Gasteiger partial charge in [0.2, 0.25) is 11.8 Å². The lowest BCUT2D eigenvalue weighted by Crippen LogP contribution is -2.53. The lowest BCUT2D eigenvalue weighted by atomic mass is 9.82. The van der Waals surface area contributed by atoms with Crippen LogP contribution in [0.25, 0.3) is 0 Å². The molecule has 2 atom stereocenters. The molecule has 2 aliphatic rings. The second-order valence-electron chi connectivity index (χ2n) is 7.84. The fraction of sp³-hybridized carbons (Fsp3) is 0.684. The Morgan fingerprint density at radius 2 is 2.00 bits per heavy atom. The average Bonchev–Trinajstić information content (AvgIpc) is 3.25. The molecule has 2 fully saturated rings. The number of ether oxygens (including phenoxy) is 1. The Kier molecular flexibility index (Phi) is 4.91. The molecule has 0 radical (unpaired) electrons. The molecule has 2 saturated heterocycles. The maximum absolute atomic E-state index is 13.0. The van der Waals surface area contributed by atoms with Crippen LogP contribution >= 0.6 is 0 Å². The van der Waals surface area contributed by atoms with Crippen LogP contribution in [0, 0.1) is 0 Å². The zero-order valence-corrected chi connectivity index (χ0v) is 15.5. The predicted octanol–water partition coefficient (Wildman–Crippen LogP) is 1.94. The van der Waals surface area contributed by atoms with Crippen molar-refractivity contribution in [2.75, 3.05) is 13.6 Å². The van der Waals surface area contributed by atoms with E-state index in [-0.39, 0.29) is 29.1 Å². The number of nitrogens with one attached hydrogen (secondary N) is 1. The fourth-order valence-electron chi connectivity index (χ4n) is 4.56. The molecule has 0 aliphatic carbocycles. The first-order chi connectivity index (χ1) is 11.9. The summed E-state index contributed by atoms with van der Waals surface area (Å²) in [6, 6.07) is 3.93. The minimum atomic E-state index is -0.343. The largest absolute Gasteiger partial charge is 0.369 e. The van der Waals surface area contributed by atoms with E-state index >= 15 is 0 Å². The van der Waals surface area contributed by atoms with Crippen LogP contribution in [0.15, 0.2) is 24.5 Å². The summed E-state index contributed by atoms with van der Waals surface area (Å²) in [7, 11) is 1.64. The highest BCUT2D eigenvalue weighted by molar-refractivity contribution is 5.79. The zero-order valence-electron chi connectivity index (χ0n) is 15.5. The van der Waals surface area contributed by atoms with Crippen molar-refractivity contribution >= 4 is 11.8 Å². The number of amides is 2. The molecular weight excluding hydrogens is 318 g/mol. The third-order valence-corrected chi connectivity index (χ3v) is 5.52. The molecule has 2 amide bonds. The van der Waals surface area contributed by atoms with Crippen LogP contribution in [0.4, 0.5) is 0 Å². The number of likely N-dealkylation sites (tertiary alicyclic amines) is 1. The SMILES string of the molecule is CNC(=O)C[C@@H]1OC(C)(C)C[C@]12CCCN2C(=O)CCn1cccc1.